The number of nitrogens with zero attached hydrogens (tertiary/aromatic N) is 1. The Morgan fingerprint density at radius 2 is 1.63 bits per heavy atom. The number of hydrogen-bond donors (Lipinski definition) is 3. The van der Waals surface area contributed by atoms with E-state index in [1.54, 1.807) is 6.92 Å². The second kappa shape index (κ2) is 10.6. The summed E-state index contributed by atoms with van der Waals surface area (Å²) in [5.74, 6) is -0.709. The molecule has 0 fully saturated rings. The highest BCUT2D eigenvalue weighted by molar-refractivity contribution is 6.27. The van der Waals surface area contributed by atoms with Gasteiger partial charge in [-0.3, -0.25) is 14.4 Å². The lowest BCUT2D eigenvalue weighted by atomic mass is 10.4. The Labute approximate surface area is 117 Å². The first-order valence-corrected chi connectivity index (χ1v) is 6.65. The molecule has 0 unspecified atom stereocenters. The van der Waals surface area contributed by atoms with Gasteiger partial charge in [-0.1, -0.05) is 6.92 Å². The lowest BCUT2D eigenvalue weighted by molar-refractivity contribution is -0.130. The molecule has 7 nitrogen and oxygen atoms in total. The van der Waals surface area contributed by atoms with Gasteiger partial charge in [0.05, 0.1) is 6.54 Å². The molecule has 0 aliphatic carbocycles. The summed E-state index contributed by atoms with van der Waals surface area (Å²) in [6, 6.07) is 0. The highest BCUT2D eigenvalue weighted by Crippen LogP contribution is 1.88. The molecule has 8 heteroatoms. The van der Waals surface area contributed by atoms with E-state index in [1.807, 2.05) is 0 Å². The molecule has 0 atom stereocenters. The van der Waals surface area contributed by atoms with Crippen LogP contribution in [0.3, 0.4) is 0 Å². The molecule has 0 aromatic carbocycles. The Balaban J connectivity index is 4.06. The summed E-state index contributed by atoms with van der Waals surface area (Å²) in [5.41, 5.74) is 5.30. The van der Waals surface area contributed by atoms with Gasteiger partial charge in [0.2, 0.25) is 17.7 Å². The monoisotopic (exact) mass is 292 g/mol. The number of alkyl halides is 1. The highest BCUT2D eigenvalue weighted by Gasteiger charge is 2.11. The number of nitrogens with two attached hydrogens (primary N) is 1. The van der Waals surface area contributed by atoms with E-state index in [9.17, 15) is 14.4 Å². The Morgan fingerprint density at radius 1 is 1.11 bits per heavy atom. The summed E-state index contributed by atoms with van der Waals surface area (Å²) < 4.78 is 0. The van der Waals surface area contributed by atoms with Crippen LogP contribution in [0.15, 0.2) is 0 Å². The van der Waals surface area contributed by atoms with E-state index in [2.05, 4.69) is 10.6 Å². The number of rotatable bonds is 9. The van der Waals surface area contributed by atoms with E-state index in [4.69, 9.17) is 17.3 Å². The topological polar surface area (TPSA) is 105 Å². The number of hydrogen-bond acceptors (Lipinski definition) is 4. The van der Waals surface area contributed by atoms with E-state index in [1.165, 1.54) is 4.90 Å². The third-order valence-corrected chi connectivity index (χ3v) is 2.62. The molecule has 3 amide bonds. The Morgan fingerprint density at radius 3 is 2.05 bits per heavy atom. The zero-order valence-corrected chi connectivity index (χ0v) is 11.8. The van der Waals surface area contributed by atoms with Crippen molar-refractivity contribution in [1.82, 2.24) is 15.5 Å². The van der Waals surface area contributed by atoms with E-state index in [0.717, 1.165) is 0 Å². The molecule has 0 saturated heterocycles. The smallest absolute Gasteiger partial charge is 0.236 e. The van der Waals surface area contributed by atoms with Crippen LogP contribution < -0.4 is 16.4 Å². The van der Waals surface area contributed by atoms with Crippen molar-refractivity contribution in [1.29, 1.82) is 0 Å². The summed E-state index contributed by atoms with van der Waals surface area (Å²) >= 11 is 5.33. The van der Waals surface area contributed by atoms with Crippen molar-refractivity contribution in [3.8, 4) is 0 Å². The van der Waals surface area contributed by atoms with Crippen molar-refractivity contribution in [2.75, 3.05) is 38.6 Å². The quantitative estimate of drug-likeness (QED) is 0.457. The fourth-order valence-electron chi connectivity index (χ4n) is 1.32. The first kappa shape index (κ1) is 17.7. The summed E-state index contributed by atoms with van der Waals surface area (Å²) in [7, 11) is 0. The maximum atomic E-state index is 11.6. The molecular weight excluding hydrogens is 272 g/mol. The molecule has 19 heavy (non-hydrogen) atoms. The normalized spacial score (nSPS) is 9.84. The standard InChI is InChI=1S/C11H21ClN4O3/c1-2-9(17)14-3-5-16(11(19)8-13)6-4-15-10(18)7-12/h2-8,13H2,1H3,(H,14,17)(H,15,18). The highest BCUT2D eigenvalue weighted by atomic mass is 35.5. The second-order valence-corrected chi connectivity index (χ2v) is 4.04. The van der Waals surface area contributed by atoms with Gasteiger partial charge >= 0.3 is 0 Å². The van der Waals surface area contributed by atoms with Crippen LogP contribution in [0.2, 0.25) is 0 Å². The minimum absolute atomic E-state index is 0.0735. The van der Waals surface area contributed by atoms with Gasteiger partial charge in [-0.15, -0.1) is 11.6 Å². The molecule has 0 bridgehead atoms. The minimum atomic E-state index is -0.291. The van der Waals surface area contributed by atoms with Crippen molar-refractivity contribution in [3.05, 3.63) is 0 Å². The van der Waals surface area contributed by atoms with E-state index < -0.39 is 0 Å². The number of carbonyl (C=O) groups is 3. The Bertz CT molecular complexity index is 290. The lowest BCUT2D eigenvalue weighted by Crippen LogP contribution is -2.45. The van der Waals surface area contributed by atoms with Gasteiger partial charge in [-0.25, -0.2) is 0 Å². The first-order chi connectivity index (χ1) is 9.04. The van der Waals surface area contributed by atoms with Crippen LogP contribution in [0.1, 0.15) is 13.3 Å². The lowest BCUT2D eigenvalue weighted by Gasteiger charge is -2.22. The van der Waals surface area contributed by atoms with E-state index in [0.29, 0.717) is 32.6 Å². The van der Waals surface area contributed by atoms with E-state index >= 15 is 0 Å². The van der Waals surface area contributed by atoms with Gasteiger partial charge < -0.3 is 21.3 Å². The molecule has 4 N–H and O–H groups in total. The molecular formula is C11H21ClN4O3. The maximum Gasteiger partial charge on any atom is 0.236 e. The molecule has 110 valence electrons. The third kappa shape index (κ3) is 8.39. The van der Waals surface area contributed by atoms with Crippen LogP contribution >= 0.6 is 11.6 Å². The van der Waals surface area contributed by atoms with E-state index in [-0.39, 0.29) is 30.1 Å². The molecule has 0 aromatic rings. The van der Waals surface area contributed by atoms with Gasteiger partial charge in [0.1, 0.15) is 5.88 Å². The van der Waals surface area contributed by atoms with Gasteiger partial charge in [0, 0.05) is 32.6 Å². The van der Waals surface area contributed by atoms with Gasteiger partial charge in [0.25, 0.3) is 0 Å². The van der Waals surface area contributed by atoms with Crippen molar-refractivity contribution in [3.63, 3.8) is 0 Å². The van der Waals surface area contributed by atoms with Crippen LogP contribution in [0.4, 0.5) is 0 Å². The molecule has 0 aliphatic heterocycles. The average Bonchev–Trinajstić information content (AvgIpc) is 2.44. The fourth-order valence-corrected chi connectivity index (χ4v) is 1.42. The predicted molar refractivity (Wildman–Crippen MR) is 72.7 cm³/mol. The van der Waals surface area contributed by atoms with Crippen molar-refractivity contribution in [2.24, 2.45) is 5.73 Å². The van der Waals surface area contributed by atoms with Crippen LogP contribution in [-0.4, -0.2) is 61.2 Å². The fraction of sp³-hybridized carbons (Fsp3) is 0.727. The molecule has 0 saturated carbocycles. The van der Waals surface area contributed by atoms with Gasteiger partial charge in [0.15, 0.2) is 0 Å². The maximum absolute atomic E-state index is 11.6. The number of amides is 3. The number of carbonyl (C=O) groups excluding carboxylic acids is 3. The number of nitrogens with one attached hydrogen (secondary N) is 2. The molecule has 0 aliphatic rings. The van der Waals surface area contributed by atoms with Crippen LogP contribution in [0.25, 0.3) is 0 Å². The second-order valence-electron chi connectivity index (χ2n) is 3.77. The molecule has 0 radical (unpaired) electrons. The number of halogens is 1. The van der Waals surface area contributed by atoms with Crippen LogP contribution in [0, 0.1) is 0 Å². The third-order valence-electron chi connectivity index (χ3n) is 2.38. The SMILES string of the molecule is CCC(=O)NCCN(CCNC(=O)CCl)C(=O)CN. The van der Waals surface area contributed by atoms with Crippen LogP contribution in [-0.2, 0) is 14.4 Å². The zero-order chi connectivity index (χ0) is 14.7. The average molecular weight is 293 g/mol. The summed E-state index contributed by atoms with van der Waals surface area (Å²) in [6.45, 7) is 3.01. The summed E-state index contributed by atoms with van der Waals surface area (Å²) in [6.07, 6.45) is 0.399. The van der Waals surface area contributed by atoms with Crippen LogP contribution in [0.5, 0.6) is 0 Å². The molecule has 0 aromatic heterocycles. The summed E-state index contributed by atoms with van der Waals surface area (Å²) in [5, 5.41) is 5.23. The Hall–Kier alpha value is -1.34. The van der Waals surface area contributed by atoms with Gasteiger partial charge in [-0.05, 0) is 0 Å². The molecule has 0 rings (SSSR count). The van der Waals surface area contributed by atoms with Gasteiger partial charge in [-0.2, -0.15) is 0 Å². The Kier molecular flexibility index (Phi) is 9.82. The molecule has 0 heterocycles. The molecule has 0 spiro atoms. The largest absolute Gasteiger partial charge is 0.354 e. The van der Waals surface area contributed by atoms with Crippen molar-refractivity contribution >= 4 is 29.3 Å². The first-order valence-electron chi connectivity index (χ1n) is 6.12. The minimum Gasteiger partial charge on any atom is -0.354 e. The zero-order valence-electron chi connectivity index (χ0n) is 11.1. The summed E-state index contributed by atoms with van der Waals surface area (Å²) in [4.78, 5) is 35.1. The van der Waals surface area contributed by atoms with Crippen molar-refractivity contribution < 1.29 is 14.4 Å². The van der Waals surface area contributed by atoms with Crippen molar-refractivity contribution in [2.45, 2.75) is 13.3 Å². The predicted octanol–water partition coefficient (Wildman–Crippen LogP) is -1.35.